The zero-order valence-electron chi connectivity index (χ0n) is 7.69. The molecule has 0 aliphatic carbocycles. The average Bonchev–Trinajstić information content (AvgIpc) is 2.05. The average molecular weight is 190 g/mol. The zero-order valence-corrected chi connectivity index (χ0v) is 7.69. The quantitative estimate of drug-likeness (QED) is 0.283. The number of rotatable bonds is 5. The van der Waals surface area contributed by atoms with Crippen LogP contribution in [0.5, 0.6) is 0 Å². The third kappa shape index (κ3) is 3.54. The van der Waals surface area contributed by atoms with E-state index < -0.39 is 18.2 Å². The Morgan fingerprint density at radius 2 is 2.15 bits per heavy atom. The van der Waals surface area contributed by atoms with E-state index in [1.165, 1.54) is 6.92 Å². The molecule has 0 heterocycles. The minimum Gasteiger partial charge on any atom is -0.463 e. The van der Waals surface area contributed by atoms with Gasteiger partial charge in [-0.25, -0.2) is 9.68 Å². The van der Waals surface area contributed by atoms with Crippen LogP contribution >= 0.6 is 0 Å². The van der Waals surface area contributed by atoms with Crippen LogP contribution in [-0.4, -0.2) is 35.1 Å². The fourth-order valence-electron chi connectivity index (χ4n) is 0.783. The van der Waals surface area contributed by atoms with E-state index in [4.69, 9.17) is 10.4 Å². The van der Waals surface area contributed by atoms with E-state index in [0.717, 1.165) is 0 Å². The van der Waals surface area contributed by atoms with Crippen molar-refractivity contribution in [2.45, 2.75) is 26.1 Å². The highest BCUT2D eigenvalue weighted by Crippen LogP contribution is 2.10. The monoisotopic (exact) mass is 190 g/mol. The lowest BCUT2D eigenvalue weighted by Gasteiger charge is -2.17. The highest BCUT2D eigenvalue weighted by molar-refractivity contribution is 5.88. The van der Waals surface area contributed by atoms with E-state index in [0.29, 0.717) is 0 Å². The highest BCUT2D eigenvalue weighted by atomic mass is 17.1. The molecule has 0 aromatic heterocycles. The van der Waals surface area contributed by atoms with Gasteiger partial charge in [0.25, 0.3) is 0 Å². The molecule has 13 heavy (non-hydrogen) atoms. The molecule has 0 aliphatic rings. The van der Waals surface area contributed by atoms with Crippen molar-refractivity contribution in [2.75, 3.05) is 6.61 Å². The van der Waals surface area contributed by atoms with Crippen LogP contribution in [0, 0.1) is 0 Å². The maximum Gasteiger partial charge on any atom is 0.336 e. The van der Waals surface area contributed by atoms with E-state index in [-0.39, 0.29) is 12.2 Å². The predicted molar refractivity (Wildman–Crippen MR) is 45.0 cm³/mol. The number of ether oxygens (including phenoxy) is 1. The minimum atomic E-state index is -1.14. The molecule has 76 valence electrons. The molecular weight excluding hydrogens is 176 g/mol. The Hall–Kier alpha value is -0.910. The SMILES string of the molecule is C=C(C(=O)OCC)[C@@H](OO)[C@@H](C)O. The lowest BCUT2D eigenvalue weighted by atomic mass is 10.1. The van der Waals surface area contributed by atoms with Gasteiger partial charge in [0.1, 0.15) is 6.10 Å². The van der Waals surface area contributed by atoms with Crippen molar-refractivity contribution in [3.05, 3.63) is 12.2 Å². The molecule has 0 aliphatic heterocycles. The van der Waals surface area contributed by atoms with Gasteiger partial charge in [0.05, 0.1) is 18.3 Å². The molecule has 5 heteroatoms. The molecule has 0 radical (unpaired) electrons. The van der Waals surface area contributed by atoms with E-state index in [2.05, 4.69) is 16.2 Å². The number of aliphatic hydroxyl groups excluding tert-OH is 1. The smallest absolute Gasteiger partial charge is 0.336 e. The first-order valence-electron chi connectivity index (χ1n) is 3.88. The largest absolute Gasteiger partial charge is 0.463 e. The van der Waals surface area contributed by atoms with Crippen LogP contribution < -0.4 is 0 Å². The van der Waals surface area contributed by atoms with Gasteiger partial charge >= 0.3 is 5.97 Å². The summed E-state index contributed by atoms with van der Waals surface area (Å²) in [5, 5.41) is 17.4. The second-order valence-corrected chi connectivity index (χ2v) is 2.51. The summed E-state index contributed by atoms with van der Waals surface area (Å²) in [5.41, 5.74) is -0.112. The molecule has 2 atom stereocenters. The molecular formula is C8H14O5. The third-order valence-corrected chi connectivity index (χ3v) is 1.43. The van der Waals surface area contributed by atoms with Crippen LogP contribution in [-0.2, 0) is 14.4 Å². The van der Waals surface area contributed by atoms with Crippen LogP contribution in [0.3, 0.4) is 0 Å². The summed E-state index contributed by atoms with van der Waals surface area (Å²) in [7, 11) is 0. The lowest BCUT2D eigenvalue weighted by Crippen LogP contribution is -2.31. The number of carbonyl (C=O) groups is 1. The molecule has 0 saturated heterocycles. The Morgan fingerprint density at radius 1 is 1.62 bits per heavy atom. The normalized spacial score (nSPS) is 14.8. The van der Waals surface area contributed by atoms with Gasteiger partial charge in [-0.15, -0.1) is 0 Å². The Labute approximate surface area is 76.5 Å². The Kier molecular flexibility index (Phi) is 5.29. The molecule has 0 bridgehead atoms. The second kappa shape index (κ2) is 5.69. The topological polar surface area (TPSA) is 76.0 Å². The second-order valence-electron chi connectivity index (χ2n) is 2.51. The van der Waals surface area contributed by atoms with Crippen molar-refractivity contribution in [3.63, 3.8) is 0 Å². The minimum absolute atomic E-state index is 0.112. The van der Waals surface area contributed by atoms with Gasteiger partial charge in [-0.2, -0.15) is 0 Å². The number of hydrogen-bond donors (Lipinski definition) is 2. The maximum atomic E-state index is 11.0. The van der Waals surface area contributed by atoms with Gasteiger partial charge in [0.2, 0.25) is 0 Å². The number of aliphatic hydroxyl groups is 1. The van der Waals surface area contributed by atoms with Gasteiger partial charge in [0, 0.05) is 0 Å². The summed E-state index contributed by atoms with van der Waals surface area (Å²) in [6, 6.07) is 0. The molecule has 0 aromatic rings. The van der Waals surface area contributed by atoms with E-state index in [9.17, 15) is 4.79 Å². The van der Waals surface area contributed by atoms with Gasteiger partial charge in [-0.3, -0.25) is 5.26 Å². The van der Waals surface area contributed by atoms with E-state index in [1.807, 2.05) is 0 Å². The Morgan fingerprint density at radius 3 is 2.46 bits per heavy atom. The van der Waals surface area contributed by atoms with E-state index >= 15 is 0 Å². The molecule has 0 amide bonds. The predicted octanol–water partition coefficient (Wildman–Crippen LogP) is 0.345. The van der Waals surface area contributed by atoms with Crippen LogP contribution in [0.25, 0.3) is 0 Å². The molecule has 0 aromatic carbocycles. The molecule has 5 nitrogen and oxygen atoms in total. The fourth-order valence-corrected chi connectivity index (χ4v) is 0.783. The lowest BCUT2D eigenvalue weighted by molar-refractivity contribution is -0.284. The number of carbonyl (C=O) groups excluding carboxylic acids is 1. The zero-order chi connectivity index (χ0) is 10.4. The standard InChI is InChI=1S/C8H14O5/c1-4-12-8(10)5(2)7(13-11)6(3)9/h6-7,9,11H,2,4H2,1,3H3/t6-,7-/m1/s1. The van der Waals surface area contributed by atoms with Crippen molar-refractivity contribution in [1.29, 1.82) is 0 Å². The Balaban J connectivity index is 4.28. The molecule has 0 fully saturated rings. The van der Waals surface area contributed by atoms with Crippen molar-refractivity contribution >= 4 is 5.97 Å². The summed E-state index contributed by atoms with van der Waals surface area (Å²) < 4.78 is 4.60. The molecule has 0 saturated carbocycles. The molecule has 0 rings (SSSR count). The number of esters is 1. The van der Waals surface area contributed by atoms with Gasteiger partial charge in [0.15, 0.2) is 0 Å². The maximum absolute atomic E-state index is 11.0. The van der Waals surface area contributed by atoms with Crippen molar-refractivity contribution in [1.82, 2.24) is 0 Å². The first-order valence-corrected chi connectivity index (χ1v) is 3.88. The summed E-state index contributed by atoms with van der Waals surface area (Å²) in [6.45, 7) is 6.56. The van der Waals surface area contributed by atoms with Crippen LogP contribution in [0.15, 0.2) is 12.2 Å². The first-order chi connectivity index (χ1) is 6.04. The highest BCUT2D eigenvalue weighted by Gasteiger charge is 2.25. The van der Waals surface area contributed by atoms with Gasteiger partial charge in [-0.05, 0) is 13.8 Å². The van der Waals surface area contributed by atoms with Gasteiger partial charge in [-0.1, -0.05) is 6.58 Å². The summed E-state index contributed by atoms with van der Waals surface area (Å²) in [5.74, 6) is -0.692. The van der Waals surface area contributed by atoms with Crippen molar-refractivity contribution in [2.24, 2.45) is 0 Å². The Bertz CT molecular complexity index is 187. The summed E-state index contributed by atoms with van der Waals surface area (Å²) >= 11 is 0. The first kappa shape index (κ1) is 12.1. The molecule has 2 N–H and O–H groups in total. The third-order valence-electron chi connectivity index (χ3n) is 1.43. The molecule has 0 spiro atoms. The van der Waals surface area contributed by atoms with Crippen molar-refractivity contribution < 1.29 is 24.8 Å². The number of hydrogen-bond acceptors (Lipinski definition) is 5. The summed E-state index contributed by atoms with van der Waals surface area (Å²) in [4.78, 5) is 14.9. The van der Waals surface area contributed by atoms with Gasteiger partial charge < -0.3 is 9.84 Å². The molecule has 0 unspecified atom stereocenters. The van der Waals surface area contributed by atoms with Crippen LogP contribution in [0.2, 0.25) is 0 Å². The van der Waals surface area contributed by atoms with Crippen molar-refractivity contribution in [3.8, 4) is 0 Å². The van der Waals surface area contributed by atoms with Crippen LogP contribution in [0.4, 0.5) is 0 Å². The van der Waals surface area contributed by atoms with E-state index in [1.54, 1.807) is 6.92 Å². The van der Waals surface area contributed by atoms with Crippen LogP contribution in [0.1, 0.15) is 13.8 Å². The fraction of sp³-hybridized carbons (Fsp3) is 0.625. The summed E-state index contributed by atoms with van der Waals surface area (Å²) in [6.07, 6.45) is -2.17.